The fraction of sp³-hybridized carbons (Fsp3) is 0.200. The number of nitrogens with one attached hydrogen (secondary N) is 1. The van der Waals surface area contributed by atoms with E-state index in [-0.39, 0.29) is 0 Å². The summed E-state index contributed by atoms with van der Waals surface area (Å²) in [5.41, 5.74) is 3.29. The second kappa shape index (κ2) is 5.10. The van der Waals surface area contributed by atoms with Gasteiger partial charge in [0.2, 0.25) is 0 Å². The van der Waals surface area contributed by atoms with Crippen molar-refractivity contribution >= 4 is 16.6 Å². The van der Waals surface area contributed by atoms with Gasteiger partial charge in [-0.2, -0.15) is 5.10 Å². The van der Waals surface area contributed by atoms with E-state index in [0.29, 0.717) is 0 Å². The van der Waals surface area contributed by atoms with E-state index >= 15 is 0 Å². The smallest absolute Gasteiger partial charge is 0.0751 e. The Morgan fingerprint density at radius 1 is 1.21 bits per heavy atom. The first kappa shape index (κ1) is 11.7. The number of benzene rings is 1. The Morgan fingerprint density at radius 2 is 2.11 bits per heavy atom. The molecule has 0 radical (unpaired) electrons. The van der Waals surface area contributed by atoms with Crippen LogP contribution in [-0.2, 0) is 13.1 Å². The molecule has 96 valence electrons. The van der Waals surface area contributed by atoms with Crippen molar-refractivity contribution in [2.45, 2.75) is 20.0 Å². The highest BCUT2D eigenvalue weighted by molar-refractivity contribution is 5.81. The summed E-state index contributed by atoms with van der Waals surface area (Å²) in [5.74, 6) is 0. The molecule has 4 heteroatoms. The molecule has 0 fully saturated rings. The number of nitrogens with zero attached hydrogens (tertiary/aromatic N) is 3. The highest BCUT2D eigenvalue weighted by Crippen LogP contribution is 2.17. The summed E-state index contributed by atoms with van der Waals surface area (Å²) in [6, 6.07) is 10.3. The predicted octanol–water partition coefficient (Wildman–Crippen LogP) is 3.06. The van der Waals surface area contributed by atoms with Crippen LogP contribution in [0.1, 0.15) is 12.5 Å². The van der Waals surface area contributed by atoms with Crippen LogP contribution in [0.3, 0.4) is 0 Å². The highest BCUT2D eigenvalue weighted by atomic mass is 15.3. The van der Waals surface area contributed by atoms with Crippen molar-refractivity contribution in [1.82, 2.24) is 14.8 Å². The van der Waals surface area contributed by atoms with Crippen molar-refractivity contribution in [3.05, 3.63) is 54.5 Å². The summed E-state index contributed by atoms with van der Waals surface area (Å²) in [7, 11) is 0. The van der Waals surface area contributed by atoms with Crippen LogP contribution in [0.5, 0.6) is 0 Å². The number of para-hydroxylation sites is 1. The SMILES string of the molecule is CCn1cc(NCc2cccc3cccnc23)cn1. The van der Waals surface area contributed by atoms with Crippen LogP contribution in [0, 0.1) is 0 Å². The lowest BCUT2D eigenvalue weighted by atomic mass is 10.1. The minimum Gasteiger partial charge on any atom is -0.378 e. The molecule has 0 amide bonds. The Labute approximate surface area is 112 Å². The largest absolute Gasteiger partial charge is 0.378 e. The molecule has 0 aliphatic heterocycles. The molecule has 4 nitrogen and oxygen atoms in total. The molecular weight excluding hydrogens is 236 g/mol. The Balaban J connectivity index is 1.81. The zero-order valence-corrected chi connectivity index (χ0v) is 10.9. The van der Waals surface area contributed by atoms with E-state index in [1.165, 1.54) is 10.9 Å². The Hall–Kier alpha value is -2.36. The summed E-state index contributed by atoms with van der Waals surface area (Å²) < 4.78 is 1.91. The number of hydrogen-bond acceptors (Lipinski definition) is 3. The van der Waals surface area contributed by atoms with Gasteiger partial charge in [-0.15, -0.1) is 0 Å². The number of aryl methyl sites for hydroxylation is 1. The van der Waals surface area contributed by atoms with Gasteiger partial charge < -0.3 is 5.32 Å². The summed E-state index contributed by atoms with van der Waals surface area (Å²) >= 11 is 0. The molecule has 0 unspecified atom stereocenters. The average molecular weight is 252 g/mol. The molecule has 3 rings (SSSR count). The van der Waals surface area contributed by atoms with Crippen LogP contribution in [0.15, 0.2) is 48.9 Å². The lowest BCUT2D eigenvalue weighted by Crippen LogP contribution is -2.00. The zero-order chi connectivity index (χ0) is 13.1. The minimum atomic E-state index is 0.754. The van der Waals surface area contributed by atoms with Crippen LogP contribution in [-0.4, -0.2) is 14.8 Å². The molecule has 0 saturated carbocycles. The third-order valence-electron chi connectivity index (χ3n) is 3.16. The molecular formula is C15H16N4. The molecule has 0 aliphatic carbocycles. The van der Waals surface area contributed by atoms with Crippen molar-refractivity contribution in [1.29, 1.82) is 0 Å². The Morgan fingerprint density at radius 3 is 2.95 bits per heavy atom. The van der Waals surface area contributed by atoms with Crippen molar-refractivity contribution in [2.24, 2.45) is 0 Å². The second-order valence-electron chi connectivity index (χ2n) is 4.43. The lowest BCUT2D eigenvalue weighted by Gasteiger charge is -2.06. The minimum absolute atomic E-state index is 0.754. The summed E-state index contributed by atoms with van der Waals surface area (Å²) in [6.07, 6.45) is 5.70. The van der Waals surface area contributed by atoms with Crippen LogP contribution in [0.25, 0.3) is 10.9 Å². The van der Waals surface area contributed by atoms with Crippen LogP contribution in [0.2, 0.25) is 0 Å². The van der Waals surface area contributed by atoms with E-state index in [1.54, 1.807) is 0 Å². The van der Waals surface area contributed by atoms with E-state index in [0.717, 1.165) is 24.3 Å². The van der Waals surface area contributed by atoms with Crippen molar-refractivity contribution in [2.75, 3.05) is 5.32 Å². The third-order valence-corrected chi connectivity index (χ3v) is 3.16. The van der Waals surface area contributed by atoms with Crippen molar-refractivity contribution < 1.29 is 0 Å². The summed E-state index contributed by atoms with van der Waals surface area (Å²) in [5, 5.41) is 8.80. The zero-order valence-electron chi connectivity index (χ0n) is 10.9. The third kappa shape index (κ3) is 2.42. The maximum Gasteiger partial charge on any atom is 0.0751 e. The first-order valence-electron chi connectivity index (χ1n) is 6.46. The van der Waals surface area contributed by atoms with Crippen molar-refractivity contribution in [3.8, 4) is 0 Å². The van der Waals surface area contributed by atoms with Gasteiger partial charge in [0.15, 0.2) is 0 Å². The number of hydrogen-bond donors (Lipinski definition) is 1. The maximum absolute atomic E-state index is 4.45. The van der Waals surface area contributed by atoms with E-state index < -0.39 is 0 Å². The normalized spacial score (nSPS) is 10.8. The van der Waals surface area contributed by atoms with Gasteiger partial charge in [0.05, 0.1) is 17.4 Å². The van der Waals surface area contributed by atoms with Gasteiger partial charge in [-0.1, -0.05) is 24.3 Å². The summed E-state index contributed by atoms with van der Waals surface area (Å²) in [4.78, 5) is 4.45. The first-order chi connectivity index (χ1) is 9.36. The van der Waals surface area contributed by atoms with E-state index in [4.69, 9.17) is 0 Å². The van der Waals surface area contributed by atoms with Gasteiger partial charge in [-0.25, -0.2) is 0 Å². The highest BCUT2D eigenvalue weighted by Gasteiger charge is 2.02. The Kier molecular flexibility index (Phi) is 3.14. The molecule has 3 aromatic rings. The lowest BCUT2D eigenvalue weighted by molar-refractivity contribution is 0.660. The number of anilines is 1. The molecule has 1 N–H and O–H groups in total. The number of aromatic nitrogens is 3. The van der Waals surface area contributed by atoms with Crippen LogP contribution in [0.4, 0.5) is 5.69 Å². The number of pyridine rings is 1. The van der Waals surface area contributed by atoms with Gasteiger partial charge in [0.25, 0.3) is 0 Å². The monoisotopic (exact) mass is 252 g/mol. The van der Waals surface area contributed by atoms with Crippen LogP contribution >= 0.6 is 0 Å². The maximum atomic E-state index is 4.45. The molecule has 1 aromatic carbocycles. The standard InChI is InChI=1S/C15H16N4/c1-2-19-11-14(10-18-19)17-9-13-6-3-5-12-7-4-8-16-15(12)13/h3-8,10-11,17H,2,9H2,1H3. The first-order valence-corrected chi connectivity index (χ1v) is 6.46. The number of fused-ring (bicyclic) bond motifs is 1. The topological polar surface area (TPSA) is 42.7 Å². The van der Waals surface area contributed by atoms with Gasteiger partial charge in [0, 0.05) is 30.9 Å². The van der Waals surface area contributed by atoms with Gasteiger partial charge in [-0.05, 0) is 18.6 Å². The van der Waals surface area contributed by atoms with E-state index in [2.05, 4.69) is 46.6 Å². The summed E-state index contributed by atoms with van der Waals surface area (Å²) in [6.45, 7) is 3.71. The van der Waals surface area contributed by atoms with E-state index in [9.17, 15) is 0 Å². The van der Waals surface area contributed by atoms with Crippen LogP contribution < -0.4 is 5.32 Å². The number of rotatable bonds is 4. The molecule has 19 heavy (non-hydrogen) atoms. The fourth-order valence-electron chi connectivity index (χ4n) is 2.14. The second-order valence-corrected chi connectivity index (χ2v) is 4.43. The Bertz CT molecular complexity index is 682. The quantitative estimate of drug-likeness (QED) is 0.776. The van der Waals surface area contributed by atoms with Gasteiger partial charge in [-0.3, -0.25) is 9.67 Å². The van der Waals surface area contributed by atoms with E-state index in [1.807, 2.05) is 29.3 Å². The molecule has 0 saturated heterocycles. The molecule has 0 atom stereocenters. The van der Waals surface area contributed by atoms with Gasteiger partial charge in [0.1, 0.15) is 0 Å². The molecule has 0 aliphatic rings. The molecule has 0 spiro atoms. The van der Waals surface area contributed by atoms with Crippen molar-refractivity contribution in [3.63, 3.8) is 0 Å². The molecule has 0 bridgehead atoms. The fourth-order valence-corrected chi connectivity index (χ4v) is 2.14. The molecule has 2 heterocycles. The predicted molar refractivity (Wildman–Crippen MR) is 77.0 cm³/mol. The van der Waals surface area contributed by atoms with Gasteiger partial charge >= 0.3 is 0 Å². The average Bonchev–Trinajstić information content (AvgIpc) is 2.93. The molecule has 2 aromatic heterocycles.